The van der Waals surface area contributed by atoms with Crippen LogP contribution in [0.15, 0.2) is 24.3 Å². The van der Waals surface area contributed by atoms with Crippen LogP contribution in [-0.4, -0.2) is 48.3 Å². The van der Waals surface area contributed by atoms with Gasteiger partial charge in [-0.3, -0.25) is 14.2 Å². The number of anilines is 1. The van der Waals surface area contributed by atoms with Crippen LogP contribution in [0.1, 0.15) is 75.2 Å². The van der Waals surface area contributed by atoms with Crippen molar-refractivity contribution in [2.75, 3.05) is 24.9 Å². The average Bonchev–Trinajstić information content (AvgIpc) is 2.66. The predicted molar refractivity (Wildman–Crippen MR) is 139 cm³/mol. The molecule has 0 spiro atoms. The molecule has 2 atom stereocenters. The zero-order chi connectivity index (χ0) is 27.1. The van der Waals surface area contributed by atoms with Crippen LogP contribution >= 0.6 is 7.37 Å². The summed E-state index contributed by atoms with van der Waals surface area (Å²) in [5.41, 5.74) is -1.32. The van der Waals surface area contributed by atoms with Crippen LogP contribution in [-0.2, 0) is 28.2 Å². The van der Waals surface area contributed by atoms with E-state index in [9.17, 15) is 14.2 Å². The largest absolute Gasteiger partial charge is 0.497 e. The second kappa shape index (κ2) is 12.3. The maximum atomic E-state index is 14.0. The van der Waals surface area contributed by atoms with E-state index in [1.165, 1.54) is 0 Å². The molecule has 0 aliphatic carbocycles. The van der Waals surface area contributed by atoms with Crippen LogP contribution in [0.2, 0.25) is 0 Å². The molecule has 0 aromatic heterocycles. The van der Waals surface area contributed by atoms with Crippen LogP contribution in [0.25, 0.3) is 0 Å². The fourth-order valence-electron chi connectivity index (χ4n) is 3.24. The van der Waals surface area contributed by atoms with Crippen LogP contribution in [0, 0.1) is 5.92 Å². The molecule has 9 heteroatoms. The van der Waals surface area contributed by atoms with Gasteiger partial charge in [-0.15, -0.1) is 0 Å². The molecule has 1 aromatic rings. The van der Waals surface area contributed by atoms with Crippen molar-refractivity contribution in [1.29, 1.82) is 0 Å². The predicted octanol–water partition coefficient (Wildman–Crippen LogP) is 6.24. The van der Waals surface area contributed by atoms with Crippen molar-refractivity contribution in [2.45, 2.75) is 92.0 Å². The molecule has 0 aliphatic rings. The molecule has 0 heterocycles. The molecule has 0 bridgehead atoms. The Bertz CT molecular complexity index is 877. The highest BCUT2D eigenvalue weighted by molar-refractivity contribution is 7.59. The number of carbonyl (C=O) groups is 2. The molecule has 8 nitrogen and oxygen atoms in total. The Hall–Kier alpha value is -2.05. The molecule has 0 fully saturated rings. The van der Waals surface area contributed by atoms with E-state index in [-0.39, 0.29) is 25.3 Å². The summed E-state index contributed by atoms with van der Waals surface area (Å²) in [7, 11) is -1.81. The first kappa shape index (κ1) is 31.0. The Morgan fingerprint density at radius 3 is 1.89 bits per heavy atom. The number of nitrogens with one attached hydrogen (secondary N) is 1. The number of hydrogen-bond donors (Lipinski definition) is 1. The van der Waals surface area contributed by atoms with Crippen LogP contribution in [0.3, 0.4) is 0 Å². The van der Waals surface area contributed by atoms with E-state index in [0.29, 0.717) is 5.75 Å². The molecular formula is C26H44NO7P. The zero-order valence-electron chi connectivity index (χ0n) is 23.0. The molecule has 1 N–H and O–H groups in total. The van der Waals surface area contributed by atoms with E-state index in [2.05, 4.69) is 5.32 Å². The summed E-state index contributed by atoms with van der Waals surface area (Å²) in [5.74, 6) is -1.03. The van der Waals surface area contributed by atoms with Crippen molar-refractivity contribution < 1.29 is 32.9 Å². The summed E-state index contributed by atoms with van der Waals surface area (Å²) >= 11 is 0. The average molecular weight is 514 g/mol. The number of benzene rings is 1. The molecule has 0 radical (unpaired) electrons. The van der Waals surface area contributed by atoms with Gasteiger partial charge in [0.25, 0.3) is 0 Å². The highest BCUT2D eigenvalue weighted by Crippen LogP contribution is 2.52. The lowest BCUT2D eigenvalue weighted by atomic mass is 10.0. The van der Waals surface area contributed by atoms with Gasteiger partial charge in [-0.05, 0) is 93.0 Å². The minimum Gasteiger partial charge on any atom is -0.497 e. The van der Waals surface area contributed by atoms with Gasteiger partial charge in [0.1, 0.15) is 17.0 Å². The smallest absolute Gasteiger partial charge is 0.310 e. The van der Waals surface area contributed by atoms with E-state index in [0.717, 1.165) is 5.69 Å². The van der Waals surface area contributed by atoms with Gasteiger partial charge in [0.2, 0.25) is 7.37 Å². The topological polar surface area (TPSA) is 100 Å². The lowest BCUT2D eigenvalue weighted by Crippen LogP contribution is -2.33. The number of hydrogen-bond acceptors (Lipinski definition) is 8. The number of rotatable bonds is 11. The SMILES string of the molecule is COc1ccc(NCP(=O)(CC(CCC(=O)OC(C)(C)C)C(=O)OC(C)(C)C)OC(C)(C)C)cc1. The molecule has 1 rings (SSSR count). The van der Waals surface area contributed by atoms with Crippen molar-refractivity contribution >= 4 is 25.0 Å². The third-order valence-electron chi connectivity index (χ3n) is 4.41. The maximum absolute atomic E-state index is 14.0. The second-order valence-corrected chi connectivity index (χ2v) is 14.1. The first-order chi connectivity index (χ1) is 15.8. The summed E-state index contributed by atoms with van der Waals surface area (Å²) < 4.78 is 36.2. The normalized spacial score (nSPS) is 15.0. The standard InChI is InChI=1S/C26H44NO7P/c1-24(2,3)32-22(28)16-11-19(23(29)33-25(4,5)6)17-35(30,34-26(7,8)9)18-27-20-12-14-21(31-10)15-13-20/h12-15,19,27H,11,16-18H2,1-10H3. The van der Waals surface area contributed by atoms with Gasteiger partial charge in [-0.1, -0.05) is 0 Å². The van der Waals surface area contributed by atoms with Crippen molar-refractivity contribution in [3.8, 4) is 5.75 Å². The Balaban J connectivity index is 3.11. The molecule has 200 valence electrons. The fourth-order valence-corrected chi connectivity index (χ4v) is 5.94. The second-order valence-electron chi connectivity index (χ2n) is 11.6. The highest BCUT2D eigenvalue weighted by atomic mass is 31.2. The summed E-state index contributed by atoms with van der Waals surface area (Å²) in [5, 5.41) is 3.16. The number of methoxy groups -OCH3 is 1. The van der Waals surface area contributed by atoms with Crippen LogP contribution in [0.4, 0.5) is 5.69 Å². The van der Waals surface area contributed by atoms with Gasteiger partial charge in [-0.25, -0.2) is 0 Å². The quantitative estimate of drug-likeness (QED) is 0.274. The number of esters is 2. The molecule has 0 amide bonds. The highest BCUT2D eigenvalue weighted by Gasteiger charge is 2.37. The van der Waals surface area contributed by atoms with E-state index in [1.807, 2.05) is 32.9 Å². The molecule has 35 heavy (non-hydrogen) atoms. The van der Waals surface area contributed by atoms with Crippen molar-refractivity contribution in [2.24, 2.45) is 5.92 Å². The molecule has 1 aromatic carbocycles. The minimum absolute atomic E-state index is 0.00259. The lowest BCUT2D eigenvalue weighted by Gasteiger charge is -2.31. The molecule has 0 saturated heterocycles. The van der Waals surface area contributed by atoms with Crippen molar-refractivity contribution in [1.82, 2.24) is 0 Å². The summed E-state index contributed by atoms with van der Waals surface area (Å²) in [6, 6.07) is 7.21. The Morgan fingerprint density at radius 2 is 1.43 bits per heavy atom. The maximum Gasteiger partial charge on any atom is 0.310 e. The van der Waals surface area contributed by atoms with Crippen LogP contribution in [0.5, 0.6) is 5.75 Å². The first-order valence-electron chi connectivity index (χ1n) is 11.9. The molecule has 2 unspecified atom stereocenters. The van der Waals surface area contributed by atoms with E-state index < -0.39 is 42.0 Å². The zero-order valence-corrected chi connectivity index (χ0v) is 23.9. The van der Waals surface area contributed by atoms with Crippen molar-refractivity contribution in [3.05, 3.63) is 24.3 Å². The molecule has 0 saturated carbocycles. The van der Waals surface area contributed by atoms with Gasteiger partial charge in [0.15, 0.2) is 0 Å². The minimum atomic E-state index is -3.40. The van der Waals surface area contributed by atoms with E-state index in [1.54, 1.807) is 60.8 Å². The Kier molecular flexibility index (Phi) is 10.9. The van der Waals surface area contributed by atoms with Crippen LogP contribution < -0.4 is 10.1 Å². The van der Waals surface area contributed by atoms with Gasteiger partial charge < -0.3 is 24.1 Å². The van der Waals surface area contributed by atoms with E-state index >= 15 is 0 Å². The summed E-state index contributed by atoms with van der Waals surface area (Å²) in [6.45, 7) is 16.1. The Morgan fingerprint density at radius 1 is 0.886 bits per heavy atom. The number of carbonyl (C=O) groups excluding carboxylic acids is 2. The van der Waals surface area contributed by atoms with Gasteiger partial charge in [0, 0.05) is 18.3 Å². The van der Waals surface area contributed by atoms with Gasteiger partial charge >= 0.3 is 11.9 Å². The number of ether oxygens (including phenoxy) is 3. The van der Waals surface area contributed by atoms with E-state index in [4.69, 9.17) is 18.7 Å². The lowest BCUT2D eigenvalue weighted by molar-refractivity contribution is -0.160. The monoisotopic (exact) mass is 513 g/mol. The third kappa shape index (κ3) is 13.6. The van der Waals surface area contributed by atoms with Gasteiger partial charge in [0.05, 0.1) is 24.9 Å². The van der Waals surface area contributed by atoms with Crippen molar-refractivity contribution in [3.63, 3.8) is 0 Å². The fraction of sp³-hybridized carbons (Fsp3) is 0.692. The Labute approximate surface area is 210 Å². The van der Waals surface area contributed by atoms with Gasteiger partial charge in [-0.2, -0.15) is 0 Å². The third-order valence-corrected chi connectivity index (χ3v) is 6.93. The summed E-state index contributed by atoms with van der Waals surface area (Å²) in [4.78, 5) is 25.4. The summed E-state index contributed by atoms with van der Waals surface area (Å²) in [6.07, 6.45) is 0.0972. The molecular weight excluding hydrogens is 469 g/mol. The molecule has 0 aliphatic heterocycles. The first-order valence-corrected chi connectivity index (χ1v) is 13.9.